The third-order valence-corrected chi connectivity index (χ3v) is 16.0. The Morgan fingerprint density at radius 2 is 0.556 bits per heavy atom. The van der Waals surface area contributed by atoms with Crippen LogP contribution in [0.3, 0.4) is 0 Å². The smallest absolute Gasteiger partial charge is 0.136 e. The summed E-state index contributed by atoms with van der Waals surface area (Å²) >= 11 is 0. The standard InChI is InChI=1S/C78H52N2O/c1-4-14-53(15-5-1)58-32-40-68(41-33-58)79(69-42-34-59(35-43-69)54-16-6-2-7-17-54)70-44-36-60(37-45-70)57-26-24-55(25-27-57)56-28-30-61(31-29-56)64-48-65(50-66(49-64)63-38-46-73-72-21-11-13-23-77(72)81-78(73)52-63)62-39-47-76-74(51-62)71-20-10-12-22-75(71)80(76)67-18-8-3-9-19-67/h1-52H. The van der Waals surface area contributed by atoms with E-state index in [0.29, 0.717) is 0 Å². The van der Waals surface area contributed by atoms with Gasteiger partial charge in [0.05, 0.1) is 11.0 Å². The van der Waals surface area contributed by atoms with Gasteiger partial charge >= 0.3 is 0 Å². The van der Waals surface area contributed by atoms with Crippen molar-refractivity contribution >= 4 is 60.8 Å². The highest BCUT2D eigenvalue weighted by atomic mass is 16.3. The third-order valence-electron chi connectivity index (χ3n) is 16.0. The van der Waals surface area contributed by atoms with E-state index in [9.17, 15) is 0 Å². The number of fused-ring (bicyclic) bond motifs is 6. The summed E-state index contributed by atoms with van der Waals surface area (Å²) in [7, 11) is 0. The first-order valence-electron chi connectivity index (χ1n) is 27.7. The maximum Gasteiger partial charge on any atom is 0.136 e. The van der Waals surface area contributed by atoms with Crippen molar-refractivity contribution in [3.8, 4) is 83.6 Å². The molecule has 13 aromatic carbocycles. The van der Waals surface area contributed by atoms with Gasteiger partial charge < -0.3 is 13.9 Å². The topological polar surface area (TPSA) is 21.3 Å². The maximum absolute atomic E-state index is 6.43. The van der Waals surface area contributed by atoms with E-state index in [1.54, 1.807) is 0 Å². The van der Waals surface area contributed by atoms with Crippen molar-refractivity contribution < 1.29 is 4.42 Å². The average molecular weight is 1030 g/mol. The molecule has 0 aliphatic heterocycles. The predicted molar refractivity (Wildman–Crippen MR) is 341 cm³/mol. The molecule has 0 radical (unpaired) electrons. The van der Waals surface area contributed by atoms with Crippen LogP contribution in [0, 0.1) is 0 Å². The van der Waals surface area contributed by atoms with Crippen LogP contribution in [-0.4, -0.2) is 4.57 Å². The molecule has 0 atom stereocenters. The number of anilines is 3. The second kappa shape index (κ2) is 20.2. The van der Waals surface area contributed by atoms with E-state index in [2.05, 4.69) is 313 Å². The van der Waals surface area contributed by atoms with Crippen LogP contribution >= 0.6 is 0 Å². The number of furan rings is 1. The molecule has 2 heterocycles. The van der Waals surface area contributed by atoms with Crippen LogP contribution in [0.2, 0.25) is 0 Å². The Hall–Kier alpha value is -10.7. The molecule has 15 aromatic rings. The molecular weight excluding hydrogens is 981 g/mol. The fraction of sp³-hybridized carbons (Fsp3) is 0. The van der Waals surface area contributed by atoms with Gasteiger partial charge in [0.2, 0.25) is 0 Å². The lowest BCUT2D eigenvalue weighted by Gasteiger charge is -2.26. The third kappa shape index (κ3) is 8.94. The molecule has 3 nitrogen and oxygen atoms in total. The van der Waals surface area contributed by atoms with E-state index >= 15 is 0 Å². The van der Waals surface area contributed by atoms with Gasteiger partial charge in [-0.2, -0.15) is 0 Å². The molecular formula is C78H52N2O. The molecule has 0 aliphatic rings. The summed E-state index contributed by atoms with van der Waals surface area (Å²) in [5, 5.41) is 4.71. The summed E-state index contributed by atoms with van der Waals surface area (Å²) in [5.74, 6) is 0. The molecule has 15 rings (SSSR count). The van der Waals surface area contributed by atoms with Crippen molar-refractivity contribution in [1.29, 1.82) is 0 Å². The normalized spacial score (nSPS) is 11.5. The van der Waals surface area contributed by atoms with Crippen LogP contribution in [0.4, 0.5) is 17.1 Å². The van der Waals surface area contributed by atoms with Crippen molar-refractivity contribution in [2.45, 2.75) is 0 Å². The van der Waals surface area contributed by atoms with Gasteiger partial charge in [0.25, 0.3) is 0 Å². The van der Waals surface area contributed by atoms with Gasteiger partial charge in [0, 0.05) is 44.3 Å². The fourth-order valence-electron chi connectivity index (χ4n) is 11.9. The van der Waals surface area contributed by atoms with Crippen molar-refractivity contribution in [2.24, 2.45) is 0 Å². The van der Waals surface area contributed by atoms with Gasteiger partial charge in [-0.05, 0) is 181 Å². The van der Waals surface area contributed by atoms with Gasteiger partial charge in [-0.25, -0.2) is 0 Å². The Bertz CT molecular complexity index is 4650. The van der Waals surface area contributed by atoms with Crippen LogP contribution in [-0.2, 0) is 0 Å². The Morgan fingerprint density at radius 1 is 0.210 bits per heavy atom. The number of aromatic nitrogens is 1. The number of para-hydroxylation sites is 3. The van der Waals surface area contributed by atoms with E-state index in [-0.39, 0.29) is 0 Å². The molecule has 0 spiro atoms. The molecule has 0 bridgehead atoms. The molecule has 380 valence electrons. The Morgan fingerprint density at radius 3 is 1.07 bits per heavy atom. The number of rotatable bonds is 11. The Kier molecular flexibility index (Phi) is 11.9. The van der Waals surface area contributed by atoms with Gasteiger partial charge in [0.1, 0.15) is 11.2 Å². The highest BCUT2D eigenvalue weighted by Crippen LogP contribution is 2.42. The molecule has 0 amide bonds. The summed E-state index contributed by atoms with van der Waals surface area (Å²) in [5.41, 5.74) is 24.9. The summed E-state index contributed by atoms with van der Waals surface area (Å²) in [6.45, 7) is 0. The number of benzene rings is 13. The van der Waals surface area contributed by atoms with Gasteiger partial charge in [-0.1, -0.05) is 212 Å². The highest BCUT2D eigenvalue weighted by Gasteiger charge is 2.18. The first-order chi connectivity index (χ1) is 40.1. The number of nitrogens with zero attached hydrogens (tertiary/aromatic N) is 2. The van der Waals surface area contributed by atoms with Crippen LogP contribution < -0.4 is 4.90 Å². The number of hydrogen-bond acceptors (Lipinski definition) is 2. The lowest BCUT2D eigenvalue weighted by Crippen LogP contribution is -2.09. The quantitative estimate of drug-likeness (QED) is 0.129. The van der Waals surface area contributed by atoms with Crippen molar-refractivity contribution in [3.63, 3.8) is 0 Å². The lowest BCUT2D eigenvalue weighted by molar-refractivity contribution is 0.669. The highest BCUT2D eigenvalue weighted by molar-refractivity contribution is 6.11. The molecule has 2 aromatic heterocycles. The zero-order valence-electron chi connectivity index (χ0n) is 44.3. The molecule has 0 aliphatic carbocycles. The molecule has 0 fully saturated rings. The van der Waals surface area contributed by atoms with Crippen molar-refractivity contribution in [2.75, 3.05) is 4.90 Å². The second-order valence-electron chi connectivity index (χ2n) is 20.9. The number of hydrogen-bond donors (Lipinski definition) is 0. The molecule has 81 heavy (non-hydrogen) atoms. The first-order valence-corrected chi connectivity index (χ1v) is 27.7. The van der Waals surface area contributed by atoms with E-state index in [1.807, 2.05) is 12.1 Å². The lowest BCUT2D eigenvalue weighted by atomic mass is 9.92. The van der Waals surface area contributed by atoms with Crippen LogP contribution in [0.15, 0.2) is 320 Å². The molecule has 3 heteroatoms. The minimum Gasteiger partial charge on any atom is -0.456 e. The zero-order valence-corrected chi connectivity index (χ0v) is 44.3. The monoisotopic (exact) mass is 1030 g/mol. The Labute approximate surface area is 471 Å². The van der Waals surface area contributed by atoms with E-state index in [1.165, 1.54) is 60.8 Å². The van der Waals surface area contributed by atoms with Gasteiger partial charge in [-0.3, -0.25) is 0 Å². The van der Waals surface area contributed by atoms with E-state index in [4.69, 9.17) is 4.42 Å². The minimum atomic E-state index is 0.886. The van der Waals surface area contributed by atoms with E-state index < -0.39 is 0 Å². The molecule has 0 saturated heterocycles. The predicted octanol–water partition coefficient (Wildman–Crippen LogP) is 21.8. The largest absolute Gasteiger partial charge is 0.456 e. The summed E-state index contributed by atoms with van der Waals surface area (Å²) in [6, 6.07) is 114. The van der Waals surface area contributed by atoms with Crippen LogP contribution in [0.1, 0.15) is 0 Å². The van der Waals surface area contributed by atoms with Crippen LogP contribution in [0.5, 0.6) is 0 Å². The van der Waals surface area contributed by atoms with Crippen molar-refractivity contribution in [3.05, 3.63) is 315 Å². The summed E-state index contributed by atoms with van der Waals surface area (Å²) in [4.78, 5) is 2.34. The first kappa shape index (κ1) is 47.5. The van der Waals surface area contributed by atoms with Crippen molar-refractivity contribution in [1.82, 2.24) is 4.57 Å². The molecule has 0 saturated carbocycles. The average Bonchev–Trinajstić information content (AvgIpc) is 4.25. The van der Waals surface area contributed by atoms with Gasteiger partial charge in [-0.15, -0.1) is 0 Å². The zero-order chi connectivity index (χ0) is 53.6. The summed E-state index contributed by atoms with van der Waals surface area (Å²) < 4.78 is 8.80. The SMILES string of the molecule is c1ccc(-c2ccc(N(c3ccc(-c4ccccc4)cc3)c3ccc(-c4ccc(-c5ccc(-c6cc(-c7ccc8c(c7)oc7ccccc78)cc(-c7ccc8c(c7)c7ccccc7n8-c7ccccc7)c6)cc5)cc4)cc3)cc2)cc1. The summed E-state index contributed by atoms with van der Waals surface area (Å²) in [6.07, 6.45) is 0. The molecule has 0 N–H and O–H groups in total. The molecule has 0 unspecified atom stereocenters. The minimum absolute atomic E-state index is 0.886. The second-order valence-corrected chi connectivity index (χ2v) is 20.9. The van der Waals surface area contributed by atoms with E-state index in [0.717, 1.165) is 83.6 Å². The fourth-order valence-corrected chi connectivity index (χ4v) is 11.9. The van der Waals surface area contributed by atoms with Gasteiger partial charge in [0.15, 0.2) is 0 Å². The Balaban J connectivity index is 0.740. The van der Waals surface area contributed by atoms with Crippen LogP contribution in [0.25, 0.3) is 127 Å². The maximum atomic E-state index is 6.43.